The third kappa shape index (κ3) is 4.29. The molecule has 0 bridgehead atoms. The first-order valence-electron chi connectivity index (χ1n) is 8.36. The second-order valence-electron chi connectivity index (χ2n) is 6.21. The van der Waals surface area contributed by atoms with E-state index in [2.05, 4.69) is 5.32 Å². The van der Waals surface area contributed by atoms with Gasteiger partial charge in [0, 0.05) is 22.2 Å². The van der Waals surface area contributed by atoms with Crippen LogP contribution in [0.4, 0.5) is 0 Å². The number of carbonyl (C=O) groups excluding carboxylic acids is 3. The van der Waals surface area contributed by atoms with Crippen LogP contribution < -0.4 is 5.32 Å². The predicted octanol–water partition coefficient (Wildman–Crippen LogP) is 3.39. The lowest BCUT2D eigenvalue weighted by Crippen LogP contribution is -2.37. The summed E-state index contributed by atoms with van der Waals surface area (Å²) in [5.41, 5.74) is 0.752. The standard InChI is InChI=1S/C20H18ClNO4/c1-12(19(24)22-15-10-11-15)26-20(25)17-5-3-2-4-16(17)18(23)13-6-8-14(21)9-7-13/h2-9,12,15H,10-11H2,1H3,(H,22,24). The number of halogens is 1. The van der Waals surface area contributed by atoms with Crippen molar-refractivity contribution in [1.82, 2.24) is 5.32 Å². The maximum absolute atomic E-state index is 12.7. The Kier molecular flexibility index (Phi) is 5.38. The fourth-order valence-corrected chi connectivity index (χ4v) is 2.57. The Balaban J connectivity index is 1.77. The van der Waals surface area contributed by atoms with E-state index in [0.717, 1.165) is 12.8 Å². The van der Waals surface area contributed by atoms with E-state index in [1.54, 1.807) is 42.5 Å². The summed E-state index contributed by atoms with van der Waals surface area (Å²) in [4.78, 5) is 37.2. The molecule has 2 aromatic carbocycles. The van der Waals surface area contributed by atoms with Gasteiger partial charge in [-0.3, -0.25) is 9.59 Å². The van der Waals surface area contributed by atoms with Crippen LogP contribution in [-0.2, 0) is 9.53 Å². The number of ketones is 1. The average Bonchev–Trinajstić information content (AvgIpc) is 3.45. The Morgan fingerprint density at radius 1 is 1.04 bits per heavy atom. The number of amides is 1. The molecule has 1 aliphatic rings. The highest BCUT2D eigenvalue weighted by Gasteiger charge is 2.28. The Labute approximate surface area is 156 Å². The zero-order valence-electron chi connectivity index (χ0n) is 14.2. The molecule has 1 saturated carbocycles. The molecule has 2 aromatic rings. The average molecular weight is 372 g/mol. The molecule has 1 amide bonds. The maximum Gasteiger partial charge on any atom is 0.339 e. The summed E-state index contributed by atoms with van der Waals surface area (Å²) in [5.74, 6) is -1.35. The summed E-state index contributed by atoms with van der Waals surface area (Å²) < 4.78 is 5.25. The zero-order valence-corrected chi connectivity index (χ0v) is 15.0. The predicted molar refractivity (Wildman–Crippen MR) is 97.4 cm³/mol. The maximum atomic E-state index is 12.7. The van der Waals surface area contributed by atoms with Crippen molar-refractivity contribution in [1.29, 1.82) is 0 Å². The molecule has 1 fully saturated rings. The van der Waals surface area contributed by atoms with Crippen LogP contribution in [0, 0.1) is 0 Å². The third-order valence-electron chi connectivity index (χ3n) is 4.07. The molecule has 1 unspecified atom stereocenters. The van der Waals surface area contributed by atoms with Crippen molar-refractivity contribution < 1.29 is 19.1 Å². The Morgan fingerprint density at radius 3 is 2.27 bits per heavy atom. The van der Waals surface area contributed by atoms with Crippen molar-refractivity contribution in [2.24, 2.45) is 0 Å². The Bertz CT molecular complexity index is 843. The smallest absolute Gasteiger partial charge is 0.339 e. The number of carbonyl (C=O) groups is 3. The second kappa shape index (κ2) is 7.70. The minimum atomic E-state index is -0.929. The van der Waals surface area contributed by atoms with Gasteiger partial charge in [0.1, 0.15) is 0 Å². The zero-order chi connectivity index (χ0) is 18.7. The lowest BCUT2D eigenvalue weighted by Gasteiger charge is -2.14. The van der Waals surface area contributed by atoms with Gasteiger partial charge in [0.25, 0.3) is 5.91 Å². The highest BCUT2D eigenvalue weighted by atomic mass is 35.5. The van der Waals surface area contributed by atoms with Gasteiger partial charge in [-0.25, -0.2) is 4.79 Å². The molecule has 134 valence electrons. The van der Waals surface area contributed by atoms with Crippen molar-refractivity contribution in [3.05, 3.63) is 70.2 Å². The minimum Gasteiger partial charge on any atom is -0.449 e. The molecule has 0 heterocycles. The van der Waals surface area contributed by atoms with E-state index < -0.39 is 12.1 Å². The number of ether oxygens (including phenoxy) is 1. The number of rotatable bonds is 6. The van der Waals surface area contributed by atoms with Crippen LogP contribution in [0.2, 0.25) is 5.02 Å². The molecule has 0 spiro atoms. The van der Waals surface area contributed by atoms with Gasteiger partial charge in [-0.2, -0.15) is 0 Å². The van der Waals surface area contributed by atoms with Gasteiger partial charge in [-0.1, -0.05) is 29.8 Å². The molecule has 6 heteroatoms. The highest BCUT2D eigenvalue weighted by Crippen LogP contribution is 2.20. The number of benzene rings is 2. The van der Waals surface area contributed by atoms with Crippen LogP contribution in [0.15, 0.2) is 48.5 Å². The van der Waals surface area contributed by atoms with Crippen LogP contribution in [0.1, 0.15) is 46.0 Å². The number of nitrogens with one attached hydrogen (secondary N) is 1. The minimum absolute atomic E-state index is 0.124. The van der Waals surface area contributed by atoms with Crippen LogP contribution in [-0.4, -0.2) is 29.8 Å². The van der Waals surface area contributed by atoms with Gasteiger partial charge >= 0.3 is 5.97 Å². The van der Waals surface area contributed by atoms with Gasteiger partial charge in [0.05, 0.1) is 5.56 Å². The Morgan fingerprint density at radius 2 is 1.65 bits per heavy atom. The molecule has 26 heavy (non-hydrogen) atoms. The Hall–Kier alpha value is -2.66. The van der Waals surface area contributed by atoms with Crippen LogP contribution >= 0.6 is 11.6 Å². The first-order chi connectivity index (χ1) is 12.5. The molecule has 1 N–H and O–H groups in total. The van der Waals surface area contributed by atoms with Crippen molar-refractivity contribution >= 4 is 29.3 Å². The van der Waals surface area contributed by atoms with E-state index in [-0.39, 0.29) is 28.9 Å². The SMILES string of the molecule is CC(OC(=O)c1ccccc1C(=O)c1ccc(Cl)cc1)C(=O)NC1CC1. The summed E-state index contributed by atoms with van der Waals surface area (Å²) in [7, 11) is 0. The first-order valence-corrected chi connectivity index (χ1v) is 8.74. The van der Waals surface area contributed by atoms with E-state index in [4.69, 9.17) is 16.3 Å². The normalized spacial score (nSPS) is 14.4. The molecule has 0 saturated heterocycles. The number of hydrogen-bond acceptors (Lipinski definition) is 4. The second-order valence-corrected chi connectivity index (χ2v) is 6.65. The van der Waals surface area contributed by atoms with E-state index >= 15 is 0 Å². The number of hydrogen-bond donors (Lipinski definition) is 1. The van der Waals surface area contributed by atoms with E-state index in [1.807, 2.05) is 0 Å². The molecular formula is C20H18ClNO4. The summed E-state index contributed by atoms with van der Waals surface area (Å²) >= 11 is 5.85. The molecular weight excluding hydrogens is 354 g/mol. The van der Waals surface area contributed by atoms with Gasteiger partial charge in [-0.05, 0) is 50.1 Å². The monoisotopic (exact) mass is 371 g/mol. The molecule has 5 nitrogen and oxygen atoms in total. The molecule has 1 atom stereocenters. The summed E-state index contributed by atoms with van der Waals surface area (Å²) in [6.07, 6.45) is 0.970. The fourth-order valence-electron chi connectivity index (χ4n) is 2.44. The molecule has 0 aliphatic heterocycles. The van der Waals surface area contributed by atoms with E-state index in [9.17, 15) is 14.4 Å². The summed E-state index contributed by atoms with van der Waals surface area (Å²) in [6.45, 7) is 1.51. The van der Waals surface area contributed by atoms with Gasteiger partial charge < -0.3 is 10.1 Å². The van der Waals surface area contributed by atoms with Crippen LogP contribution in [0.3, 0.4) is 0 Å². The molecule has 0 aromatic heterocycles. The molecule has 0 radical (unpaired) electrons. The van der Waals surface area contributed by atoms with Gasteiger partial charge in [0.2, 0.25) is 0 Å². The quantitative estimate of drug-likeness (QED) is 0.624. The summed E-state index contributed by atoms with van der Waals surface area (Å²) in [6, 6.07) is 13.0. The van der Waals surface area contributed by atoms with E-state index in [1.165, 1.54) is 13.0 Å². The van der Waals surface area contributed by atoms with Crippen molar-refractivity contribution in [2.45, 2.75) is 31.9 Å². The van der Waals surface area contributed by atoms with Crippen LogP contribution in [0.5, 0.6) is 0 Å². The fraction of sp³-hybridized carbons (Fsp3) is 0.250. The summed E-state index contributed by atoms with van der Waals surface area (Å²) in [5, 5.41) is 3.30. The number of esters is 1. The van der Waals surface area contributed by atoms with Crippen molar-refractivity contribution in [3.63, 3.8) is 0 Å². The lowest BCUT2D eigenvalue weighted by atomic mass is 9.98. The molecule has 3 rings (SSSR count). The van der Waals surface area contributed by atoms with E-state index in [0.29, 0.717) is 10.6 Å². The lowest BCUT2D eigenvalue weighted by molar-refractivity contribution is -0.129. The van der Waals surface area contributed by atoms with Gasteiger partial charge in [0.15, 0.2) is 11.9 Å². The van der Waals surface area contributed by atoms with Gasteiger partial charge in [-0.15, -0.1) is 0 Å². The van der Waals surface area contributed by atoms with Crippen molar-refractivity contribution in [2.75, 3.05) is 0 Å². The van der Waals surface area contributed by atoms with Crippen molar-refractivity contribution in [3.8, 4) is 0 Å². The highest BCUT2D eigenvalue weighted by molar-refractivity contribution is 6.30. The first kappa shape index (κ1) is 18.1. The third-order valence-corrected chi connectivity index (χ3v) is 4.33. The largest absolute Gasteiger partial charge is 0.449 e. The van der Waals surface area contributed by atoms with Crippen LogP contribution in [0.25, 0.3) is 0 Å². The molecule has 1 aliphatic carbocycles. The topological polar surface area (TPSA) is 72.5 Å².